The molecule has 8 heteroatoms. The lowest BCUT2D eigenvalue weighted by molar-refractivity contribution is -0.137. The van der Waals surface area contributed by atoms with Crippen molar-refractivity contribution in [2.24, 2.45) is 0 Å². The molecule has 0 saturated heterocycles. The van der Waals surface area contributed by atoms with Gasteiger partial charge in [0.2, 0.25) is 5.91 Å². The monoisotopic (exact) mass is 360 g/mol. The molecule has 0 aliphatic heterocycles. The van der Waals surface area contributed by atoms with E-state index in [9.17, 15) is 14.4 Å². The molecule has 26 heavy (non-hydrogen) atoms. The van der Waals surface area contributed by atoms with E-state index in [-0.39, 0.29) is 19.0 Å². The molecule has 1 N–H and O–H groups in total. The maximum atomic E-state index is 12.0. The van der Waals surface area contributed by atoms with E-state index in [0.717, 1.165) is 0 Å². The van der Waals surface area contributed by atoms with Gasteiger partial charge in [-0.25, -0.2) is 4.79 Å². The van der Waals surface area contributed by atoms with E-state index in [4.69, 9.17) is 13.9 Å². The summed E-state index contributed by atoms with van der Waals surface area (Å²) < 4.78 is 15.1. The van der Waals surface area contributed by atoms with Crippen molar-refractivity contribution in [1.82, 2.24) is 10.2 Å². The predicted molar refractivity (Wildman–Crippen MR) is 91.5 cm³/mol. The minimum absolute atomic E-state index is 0.153. The number of likely N-dealkylation sites (N-methyl/N-ethyl adjacent to an activating group) is 1. The number of carbonyl (C=O) groups is 3. The molecule has 1 heterocycles. The third-order valence-electron chi connectivity index (χ3n) is 3.50. The van der Waals surface area contributed by atoms with Crippen molar-refractivity contribution in [2.75, 3.05) is 27.3 Å². The molecule has 0 spiro atoms. The van der Waals surface area contributed by atoms with Crippen LogP contribution in [0.25, 0.3) is 0 Å². The van der Waals surface area contributed by atoms with E-state index in [1.165, 1.54) is 37.5 Å². The normalized spacial score (nSPS) is 10.1. The molecule has 138 valence electrons. The van der Waals surface area contributed by atoms with E-state index in [1.807, 2.05) is 0 Å². The summed E-state index contributed by atoms with van der Waals surface area (Å²) in [6.07, 6.45) is 1.51. The van der Waals surface area contributed by atoms with Crippen LogP contribution < -0.4 is 10.1 Å². The number of furan rings is 1. The van der Waals surface area contributed by atoms with Crippen molar-refractivity contribution >= 4 is 17.8 Å². The van der Waals surface area contributed by atoms with Gasteiger partial charge in [-0.05, 0) is 36.4 Å². The Morgan fingerprint density at radius 1 is 1.15 bits per heavy atom. The molecule has 0 atom stereocenters. The Bertz CT molecular complexity index is 740. The number of nitrogens with one attached hydrogen (secondary N) is 1. The fraction of sp³-hybridized carbons (Fsp3) is 0.278. The van der Waals surface area contributed by atoms with Gasteiger partial charge < -0.3 is 24.1 Å². The van der Waals surface area contributed by atoms with Crippen LogP contribution in [0.5, 0.6) is 5.75 Å². The summed E-state index contributed by atoms with van der Waals surface area (Å²) in [5.41, 5.74) is 0.303. The first-order valence-electron chi connectivity index (χ1n) is 7.84. The molecule has 2 rings (SSSR count). The molecule has 0 aliphatic carbocycles. The van der Waals surface area contributed by atoms with Gasteiger partial charge in [-0.15, -0.1) is 0 Å². The van der Waals surface area contributed by atoms with Gasteiger partial charge >= 0.3 is 5.97 Å². The van der Waals surface area contributed by atoms with Crippen molar-refractivity contribution < 1.29 is 28.3 Å². The van der Waals surface area contributed by atoms with Crippen LogP contribution in [0, 0.1) is 0 Å². The molecule has 8 nitrogen and oxygen atoms in total. The molecule has 1 aromatic carbocycles. The van der Waals surface area contributed by atoms with Crippen LogP contribution in [-0.2, 0) is 20.9 Å². The fourth-order valence-electron chi connectivity index (χ4n) is 2.01. The molecule has 0 saturated carbocycles. The molecule has 0 unspecified atom stereocenters. The number of esters is 1. The van der Waals surface area contributed by atoms with E-state index < -0.39 is 18.5 Å². The second-order valence-corrected chi connectivity index (χ2v) is 5.41. The van der Waals surface area contributed by atoms with Crippen LogP contribution in [0.3, 0.4) is 0 Å². The summed E-state index contributed by atoms with van der Waals surface area (Å²) in [6, 6.07) is 9.76. The topological polar surface area (TPSA) is 98.1 Å². The van der Waals surface area contributed by atoms with Crippen LogP contribution in [0.4, 0.5) is 0 Å². The van der Waals surface area contributed by atoms with Crippen LogP contribution in [0.15, 0.2) is 47.1 Å². The summed E-state index contributed by atoms with van der Waals surface area (Å²) >= 11 is 0. The number of benzene rings is 1. The summed E-state index contributed by atoms with van der Waals surface area (Å²) in [4.78, 5) is 36.9. The SMILES string of the molecule is COc1ccc(C(=O)OCC(=O)N(C)CC(=O)NCc2ccco2)cc1. The van der Waals surface area contributed by atoms with E-state index in [2.05, 4.69) is 5.32 Å². The molecule has 0 fully saturated rings. The van der Waals surface area contributed by atoms with Crippen molar-refractivity contribution in [2.45, 2.75) is 6.54 Å². The Morgan fingerprint density at radius 2 is 1.88 bits per heavy atom. The largest absolute Gasteiger partial charge is 0.497 e. The number of carbonyl (C=O) groups excluding carboxylic acids is 3. The minimum atomic E-state index is -0.628. The first-order chi connectivity index (χ1) is 12.5. The number of rotatable bonds is 8. The van der Waals surface area contributed by atoms with Gasteiger partial charge in [0.1, 0.15) is 11.5 Å². The zero-order valence-electron chi connectivity index (χ0n) is 14.6. The highest BCUT2D eigenvalue weighted by molar-refractivity contribution is 5.92. The summed E-state index contributed by atoms with van der Waals surface area (Å²) in [6.45, 7) is -0.368. The van der Waals surface area contributed by atoms with Crippen LogP contribution in [-0.4, -0.2) is 50.0 Å². The van der Waals surface area contributed by atoms with Gasteiger partial charge in [0.25, 0.3) is 5.91 Å². The van der Waals surface area contributed by atoms with Gasteiger partial charge in [-0.2, -0.15) is 0 Å². The maximum Gasteiger partial charge on any atom is 0.338 e. The molecular formula is C18H20N2O6. The standard InChI is InChI=1S/C18H20N2O6/c1-20(11-16(21)19-10-15-4-3-9-25-15)17(22)12-26-18(23)13-5-7-14(24-2)8-6-13/h3-9H,10-12H2,1-2H3,(H,19,21). The highest BCUT2D eigenvalue weighted by atomic mass is 16.5. The molecule has 2 aromatic rings. The number of hydrogen-bond acceptors (Lipinski definition) is 6. The second kappa shape index (κ2) is 9.26. The first kappa shape index (κ1) is 19.0. The molecule has 0 radical (unpaired) electrons. The maximum absolute atomic E-state index is 12.0. The smallest absolute Gasteiger partial charge is 0.338 e. The van der Waals surface area contributed by atoms with Crippen LogP contribution in [0.2, 0.25) is 0 Å². The van der Waals surface area contributed by atoms with Crippen LogP contribution >= 0.6 is 0 Å². The molecule has 1 aromatic heterocycles. The van der Waals surface area contributed by atoms with Crippen LogP contribution in [0.1, 0.15) is 16.1 Å². The van der Waals surface area contributed by atoms with Crippen molar-refractivity contribution in [3.05, 3.63) is 54.0 Å². The van der Waals surface area contributed by atoms with Gasteiger partial charge in [0.15, 0.2) is 6.61 Å². The quantitative estimate of drug-likeness (QED) is 0.711. The highest BCUT2D eigenvalue weighted by Gasteiger charge is 2.16. The highest BCUT2D eigenvalue weighted by Crippen LogP contribution is 2.12. The minimum Gasteiger partial charge on any atom is -0.497 e. The number of hydrogen-bond donors (Lipinski definition) is 1. The van der Waals surface area contributed by atoms with Gasteiger partial charge in [-0.3, -0.25) is 9.59 Å². The molecule has 0 aliphatic rings. The van der Waals surface area contributed by atoms with Gasteiger partial charge in [0.05, 0.1) is 32.0 Å². The third-order valence-corrected chi connectivity index (χ3v) is 3.50. The average molecular weight is 360 g/mol. The van der Waals surface area contributed by atoms with E-state index in [1.54, 1.807) is 24.3 Å². The first-order valence-corrected chi connectivity index (χ1v) is 7.84. The lowest BCUT2D eigenvalue weighted by atomic mass is 10.2. The Kier molecular flexibility index (Phi) is 6.78. The van der Waals surface area contributed by atoms with Crippen molar-refractivity contribution in [3.8, 4) is 5.75 Å². The number of amides is 2. The Hall–Kier alpha value is -3.29. The Balaban J connectivity index is 1.73. The summed E-state index contributed by atoms with van der Waals surface area (Å²) in [5.74, 6) is -0.242. The molecular weight excluding hydrogens is 340 g/mol. The average Bonchev–Trinajstić information content (AvgIpc) is 3.17. The zero-order chi connectivity index (χ0) is 18.9. The van der Waals surface area contributed by atoms with Gasteiger partial charge in [-0.1, -0.05) is 0 Å². The molecule has 0 bridgehead atoms. The summed E-state index contributed by atoms with van der Waals surface area (Å²) in [7, 11) is 2.97. The molecule has 2 amide bonds. The third kappa shape index (κ3) is 5.66. The van der Waals surface area contributed by atoms with Gasteiger partial charge in [0, 0.05) is 7.05 Å². The Morgan fingerprint density at radius 3 is 2.50 bits per heavy atom. The number of ether oxygens (including phenoxy) is 2. The lowest BCUT2D eigenvalue weighted by Crippen LogP contribution is -2.39. The summed E-state index contributed by atoms with van der Waals surface area (Å²) in [5, 5.41) is 2.63. The number of methoxy groups -OCH3 is 1. The Labute approximate surface area is 150 Å². The second-order valence-electron chi connectivity index (χ2n) is 5.41. The van der Waals surface area contributed by atoms with Crippen molar-refractivity contribution in [1.29, 1.82) is 0 Å². The van der Waals surface area contributed by atoms with E-state index >= 15 is 0 Å². The van der Waals surface area contributed by atoms with E-state index in [0.29, 0.717) is 17.1 Å². The number of nitrogens with zero attached hydrogens (tertiary/aromatic N) is 1. The fourth-order valence-corrected chi connectivity index (χ4v) is 2.01. The lowest BCUT2D eigenvalue weighted by Gasteiger charge is -2.16. The van der Waals surface area contributed by atoms with Crippen molar-refractivity contribution in [3.63, 3.8) is 0 Å². The predicted octanol–water partition coefficient (Wildman–Crippen LogP) is 1.22. The zero-order valence-corrected chi connectivity index (χ0v) is 14.6.